The van der Waals surface area contributed by atoms with E-state index in [1.54, 1.807) is 6.07 Å². The van der Waals surface area contributed by atoms with E-state index in [0.29, 0.717) is 52.1 Å². The Balaban J connectivity index is 1.58. The van der Waals surface area contributed by atoms with Gasteiger partial charge >= 0.3 is 0 Å². The van der Waals surface area contributed by atoms with E-state index in [9.17, 15) is 9.59 Å². The molecule has 2 aromatic rings. The Morgan fingerprint density at radius 2 is 1.54 bits per heavy atom. The van der Waals surface area contributed by atoms with Gasteiger partial charge in [0.1, 0.15) is 6.61 Å². The van der Waals surface area contributed by atoms with E-state index in [2.05, 4.69) is 5.32 Å². The number of benzene rings is 2. The van der Waals surface area contributed by atoms with Gasteiger partial charge in [0, 0.05) is 51.9 Å². The average molecular weight is 512 g/mol. The molecule has 0 atom stereocenters. The number of carbonyl (C=O) groups is 2. The van der Waals surface area contributed by atoms with Crippen molar-refractivity contribution in [3.8, 4) is 11.5 Å². The zero-order chi connectivity index (χ0) is 24.5. The molecule has 0 fully saturated rings. The summed E-state index contributed by atoms with van der Waals surface area (Å²) in [7, 11) is 0. The lowest BCUT2D eigenvalue weighted by molar-refractivity contribution is -0.116. The molecule has 5 rings (SSSR count). The minimum absolute atomic E-state index is 0.0850. The third-order valence-corrected chi connectivity index (χ3v) is 7.44. The molecule has 5 nitrogen and oxygen atoms in total. The van der Waals surface area contributed by atoms with Crippen molar-refractivity contribution in [3.63, 3.8) is 0 Å². The highest BCUT2D eigenvalue weighted by atomic mass is 35.5. The minimum Gasteiger partial charge on any atom is -0.490 e. The third kappa shape index (κ3) is 4.60. The van der Waals surface area contributed by atoms with Gasteiger partial charge in [0.25, 0.3) is 0 Å². The normalized spacial score (nSPS) is 18.3. The predicted octanol–water partition coefficient (Wildman–Crippen LogP) is 6.67. The third-order valence-electron chi connectivity index (χ3n) is 6.79. The molecule has 35 heavy (non-hydrogen) atoms. The maximum Gasteiger partial charge on any atom is 0.180 e. The molecule has 0 radical (unpaired) electrons. The van der Waals surface area contributed by atoms with Crippen LogP contribution >= 0.6 is 23.2 Å². The number of halogens is 2. The maximum atomic E-state index is 13.1. The average Bonchev–Trinajstić information content (AvgIpc) is 2.84. The van der Waals surface area contributed by atoms with Gasteiger partial charge in [-0.1, -0.05) is 41.4 Å². The lowest BCUT2D eigenvalue weighted by Gasteiger charge is -2.37. The van der Waals surface area contributed by atoms with E-state index in [0.717, 1.165) is 48.2 Å². The second-order valence-electron chi connectivity index (χ2n) is 9.04. The number of nitrogens with one attached hydrogen (secondary N) is 1. The smallest absolute Gasteiger partial charge is 0.180 e. The van der Waals surface area contributed by atoms with Crippen LogP contribution in [0.3, 0.4) is 0 Å². The Bertz CT molecular complexity index is 1220. The van der Waals surface area contributed by atoms with Gasteiger partial charge in [0.2, 0.25) is 0 Å². The quantitative estimate of drug-likeness (QED) is 0.468. The monoisotopic (exact) mass is 511 g/mol. The number of hydrogen-bond donors (Lipinski definition) is 1. The van der Waals surface area contributed by atoms with Crippen molar-refractivity contribution >= 4 is 34.8 Å². The second-order valence-corrected chi connectivity index (χ2v) is 9.85. The summed E-state index contributed by atoms with van der Waals surface area (Å²) in [5.41, 5.74) is 4.86. The van der Waals surface area contributed by atoms with Crippen LogP contribution in [0.2, 0.25) is 10.0 Å². The zero-order valence-corrected chi connectivity index (χ0v) is 21.1. The van der Waals surface area contributed by atoms with E-state index >= 15 is 0 Å². The largest absolute Gasteiger partial charge is 0.490 e. The number of hydrogen-bond acceptors (Lipinski definition) is 5. The first-order chi connectivity index (χ1) is 17.0. The first-order valence-electron chi connectivity index (χ1n) is 12.1. The van der Waals surface area contributed by atoms with Crippen LogP contribution in [0.4, 0.5) is 0 Å². The lowest BCUT2D eigenvalue weighted by atomic mass is 9.71. The van der Waals surface area contributed by atoms with Gasteiger partial charge in [-0.2, -0.15) is 0 Å². The van der Waals surface area contributed by atoms with Gasteiger partial charge in [0.05, 0.1) is 11.6 Å². The van der Waals surface area contributed by atoms with Crippen molar-refractivity contribution in [2.75, 3.05) is 6.61 Å². The number of Topliss-reactive ketones (excluding diaryl/α,β-unsaturated/α-hetero) is 2. The first kappa shape index (κ1) is 24.0. The van der Waals surface area contributed by atoms with Gasteiger partial charge in [-0.15, -0.1) is 0 Å². The molecule has 0 unspecified atom stereocenters. The van der Waals surface area contributed by atoms with Crippen LogP contribution in [0.25, 0.3) is 0 Å². The number of rotatable bonds is 6. The first-order valence-corrected chi connectivity index (χ1v) is 12.9. The molecule has 0 amide bonds. The summed E-state index contributed by atoms with van der Waals surface area (Å²) in [6, 6.07) is 11.1. The minimum atomic E-state index is -0.448. The van der Waals surface area contributed by atoms with Crippen LogP contribution in [0.1, 0.15) is 62.5 Å². The van der Waals surface area contributed by atoms with Crippen molar-refractivity contribution in [2.24, 2.45) is 0 Å². The van der Waals surface area contributed by atoms with Crippen LogP contribution in [-0.2, 0) is 16.2 Å². The van der Waals surface area contributed by atoms with Crippen molar-refractivity contribution in [1.29, 1.82) is 0 Å². The molecule has 0 aromatic heterocycles. The summed E-state index contributed by atoms with van der Waals surface area (Å²) in [5, 5.41) is 4.42. The molecule has 182 valence electrons. The SMILES string of the molecule is CCOc1cc(C2C3=C(CCCC3=O)NC3=C2C(=O)CCC3)cc(Cl)c1OCc1ccccc1Cl. The summed E-state index contributed by atoms with van der Waals surface area (Å²) in [6.45, 7) is 2.53. The highest BCUT2D eigenvalue weighted by Crippen LogP contribution is 2.48. The summed E-state index contributed by atoms with van der Waals surface area (Å²) in [6.07, 6.45) is 4.19. The molecule has 0 bridgehead atoms. The number of carbonyl (C=O) groups excluding carboxylic acids is 2. The molecule has 0 saturated heterocycles. The number of ether oxygens (including phenoxy) is 2. The molecule has 0 saturated carbocycles. The van der Waals surface area contributed by atoms with Crippen LogP contribution in [0.5, 0.6) is 11.5 Å². The van der Waals surface area contributed by atoms with Crippen molar-refractivity contribution in [1.82, 2.24) is 5.32 Å². The van der Waals surface area contributed by atoms with Crippen LogP contribution in [-0.4, -0.2) is 18.2 Å². The Morgan fingerprint density at radius 3 is 2.17 bits per heavy atom. The standard InChI is InChI=1S/C28H27Cl2NO4/c1-2-34-24-14-17(13-19(30)28(24)35-15-16-7-3-4-8-18(16)29)25-26-20(9-5-11-22(26)32)31-21-10-6-12-23(33)27(21)25/h3-4,7-8,13-14,25,31H,2,5-6,9-12,15H2,1H3. The van der Waals surface area contributed by atoms with Gasteiger partial charge < -0.3 is 14.8 Å². The molecule has 2 aliphatic carbocycles. The number of allylic oxidation sites excluding steroid dienone is 4. The second kappa shape index (κ2) is 10.1. The van der Waals surface area contributed by atoms with Crippen molar-refractivity contribution in [3.05, 3.63) is 80.1 Å². The topological polar surface area (TPSA) is 64.6 Å². The Morgan fingerprint density at radius 1 is 0.886 bits per heavy atom. The Labute approximate surface area is 215 Å². The van der Waals surface area contributed by atoms with Gasteiger partial charge in [-0.3, -0.25) is 9.59 Å². The molecular weight excluding hydrogens is 485 g/mol. The summed E-state index contributed by atoms with van der Waals surface area (Å²) >= 11 is 13.1. The van der Waals surface area contributed by atoms with Crippen molar-refractivity contribution < 1.29 is 19.1 Å². The van der Waals surface area contributed by atoms with E-state index in [4.69, 9.17) is 32.7 Å². The highest BCUT2D eigenvalue weighted by Gasteiger charge is 2.40. The van der Waals surface area contributed by atoms with E-state index in [1.165, 1.54) is 0 Å². The molecule has 1 N–H and O–H groups in total. The van der Waals surface area contributed by atoms with Gasteiger partial charge in [0.15, 0.2) is 23.1 Å². The van der Waals surface area contributed by atoms with E-state index in [-0.39, 0.29) is 18.2 Å². The molecule has 1 aliphatic heterocycles. The number of dihydropyridines is 1. The number of ketones is 2. The van der Waals surface area contributed by atoms with Crippen LogP contribution in [0.15, 0.2) is 58.9 Å². The fraction of sp³-hybridized carbons (Fsp3) is 0.357. The van der Waals surface area contributed by atoms with Crippen LogP contribution in [0, 0.1) is 0 Å². The Kier molecular flexibility index (Phi) is 6.90. The van der Waals surface area contributed by atoms with Gasteiger partial charge in [-0.05, 0) is 56.4 Å². The molecule has 2 aromatic carbocycles. The molecular formula is C28H27Cl2NO4. The highest BCUT2D eigenvalue weighted by molar-refractivity contribution is 6.32. The molecule has 3 aliphatic rings. The molecule has 7 heteroatoms. The zero-order valence-electron chi connectivity index (χ0n) is 19.6. The summed E-state index contributed by atoms with van der Waals surface area (Å²) in [5.74, 6) is 0.621. The fourth-order valence-corrected chi connectivity index (χ4v) is 5.70. The van der Waals surface area contributed by atoms with Crippen molar-refractivity contribution in [2.45, 2.75) is 58.0 Å². The van der Waals surface area contributed by atoms with E-state index in [1.807, 2.05) is 37.3 Å². The van der Waals surface area contributed by atoms with Crippen LogP contribution < -0.4 is 14.8 Å². The summed E-state index contributed by atoms with van der Waals surface area (Å²) in [4.78, 5) is 26.2. The molecule has 1 heterocycles. The predicted molar refractivity (Wildman–Crippen MR) is 136 cm³/mol. The summed E-state index contributed by atoms with van der Waals surface area (Å²) < 4.78 is 12.0. The molecule has 0 spiro atoms. The van der Waals surface area contributed by atoms with E-state index < -0.39 is 5.92 Å². The fourth-order valence-electron chi connectivity index (χ4n) is 5.24. The Hall–Kier alpha value is -2.76. The maximum absolute atomic E-state index is 13.1. The lowest BCUT2D eigenvalue weighted by Crippen LogP contribution is -2.36. The van der Waals surface area contributed by atoms with Gasteiger partial charge in [-0.25, -0.2) is 0 Å².